The van der Waals surface area contributed by atoms with Crippen LogP contribution in [0.2, 0.25) is 10.0 Å². The van der Waals surface area contributed by atoms with E-state index >= 15 is 0 Å². The van der Waals surface area contributed by atoms with E-state index in [4.69, 9.17) is 23.2 Å². The average molecular weight is 391 g/mol. The van der Waals surface area contributed by atoms with Gasteiger partial charge in [0.25, 0.3) is 5.91 Å². The first-order chi connectivity index (χ1) is 9.88. The zero-order chi connectivity index (χ0) is 15.6. The lowest BCUT2D eigenvalue weighted by Gasteiger charge is -2.18. The van der Waals surface area contributed by atoms with Crippen molar-refractivity contribution in [3.05, 3.63) is 67.9 Å². The van der Waals surface area contributed by atoms with Crippen LogP contribution in [0, 0.1) is 5.82 Å². The number of amides is 1. The van der Waals surface area contributed by atoms with Crippen molar-refractivity contribution in [3.63, 3.8) is 0 Å². The van der Waals surface area contributed by atoms with E-state index in [0.29, 0.717) is 21.1 Å². The molecule has 0 aliphatic heterocycles. The second kappa shape index (κ2) is 6.77. The Morgan fingerprint density at radius 1 is 1.19 bits per heavy atom. The molecule has 0 saturated heterocycles. The van der Waals surface area contributed by atoms with Crippen molar-refractivity contribution in [2.24, 2.45) is 0 Å². The molecule has 6 heteroatoms. The minimum absolute atomic E-state index is 0.0285. The SMILES string of the molecule is CN(Cc1ccc(Cl)c(Cl)c1)C(=O)c1ccc(Br)cc1F. The largest absolute Gasteiger partial charge is 0.337 e. The Morgan fingerprint density at radius 2 is 1.90 bits per heavy atom. The third-order valence-electron chi connectivity index (χ3n) is 2.91. The molecule has 0 bridgehead atoms. The van der Waals surface area contributed by atoms with Crippen LogP contribution in [0.1, 0.15) is 15.9 Å². The maximum atomic E-state index is 13.8. The summed E-state index contributed by atoms with van der Waals surface area (Å²) in [6.07, 6.45) is 0. The third kappa shape index (κ3) is 3.96. The Balaban J connectivity index is 2.17. The number of carbonyl (C=O) groups excluding carboxylic acids is 1. The quantitative estimate of drug-likeness (QED) is 0.708. The van der Waals surface area contributed by atoms with E-state index in [0.717, 1.165) is 5.56 Å². The summed E-state index contributed by atoms with van der Waals surface area (Å²) in [6.45, 7) is 0.311. The highest BCUT2D eigenvalue weighted by Crippen LogP contribution is 2.23. The molecule has 0 spiro atoms. The Hall–Kier alpha value is -1.10. The minimum Gasteiger partial charge on any atom is -0.337 e. The van der Waals surface area contributed by atoms with Crippen LogP contribution in [0.5, 0.6) is 0 Å². The first-order valence-corrected chi connectivity index (χ1v) is 7.58. The molecule has 0 unspecified atom stereocenters. The fourth-order valence-electron chi connectivity index (χ4n) is 1.85. The number of nitrogens with zero attached hydrogens (tertiary/aromatic N) is 1. The molecule has 2 rings (SSSR count). The van der Waals surface area contributed by atoms with Crippen molar-refractivity contribution in [1.29, 1.82) is 0 Å². The van der Waals surface area contributed by atoms with E-state index in [-0.39, 0.29) is 5.56 Å². The molecule has 2 aromatic rings. The molecule has 0 fully saturated rings. The molecular formula is C15H11BrCl2FNO. The first-order valence-electron chi connectivity index (χ1n) is 6.03. The Morgan fingerprint density at radius 3 is 2.52 bits per heavy atom. The zero-order valence-electron chi connectivity index (χ0n) is 11.0. The van der Waals surface area contributed by atoms with Crippen LogP contribution in [0.15, 0.2) is 40.9 Å². The standard InChI is InChI=1S/C15H11BrCl2FNO/c1-20(8-9-2-5-12(17)13(18)6-9)15(21)11-4-3-10(16)7-14(11)19/h2-7H,8H2,1H3. The van der Waals surface area contributed by atoms with Gasteiger partial charge in [-0.2, -0.15) is 0 Å². The molecule has 0 N–H and O–H groups in total. The average Bonchev–Trinajstić information content (AvgIpc) is 2.42. The maximum absolute atomic E-state index is 13.8. The fourth-order valence-corrected chi connectivity index (χ4v) is 2.51. The molecule has 0 radical (unpaired) electrons. The molecule has 0 aliphatic rings. The fraction of sp³-hybridized carbons (Fsp3) is 0.133. The lowest BCUT2D eigenvalue weighted by Crippen LogP contribution is -2.27. The number of hydrogen-bond acceptors (Lipinski definition) is 1. The summed E-state index contributed by atoms with van der Waals surface area (Å²) in [5.74, 6) is -0.957. The van der Waals surface area contributed by atoms with Gasteiger partial charge >= 0.3 is 0 Å². The van der Waals surface area contributed by atoms with Crippen LogP contribution in [-0.2, 0) is 6.54 Å². The van der Waals surface area contributed by atoms with Crippen LogP contribution >= 0.6 is 39.1 Å². The lowest BCUT2D eigenvalue weighted by molar-refractivity contribution is 0.0780. The van der Waals surface area contributed by atoms with Gasteiger partial charge in [-0.1, -0.05) is 45.2 Å². The second-order valence-corrected chi connectivity index (χ2v) is 6.26. The van der Waals surface area contributed by atoms with E-state index in [1.54, 1.807) is 31.3 Å². The van der Waals surface area contributed by atoms with E-state index in [1.807, 2.05) is 0 Å². The predicted octanol–water partition coefficient (Wildman–Crippen LogP) is 5.17. The van der Waals surface area contributed by atoms with Gasteiger partial charge in [0.1, 0.15) is 5.82 Å². The van der Waals surface area contributed by atoms with Crippen molar-refractivity contribution in [3.8, 4) is 0 Å². The van der Waals surface area contributed by atoms with Gasteiger partial charge < -0.3 is 4.90 Å². The van der Waals surface area contributed by atoms with E-state index in [1.165, 1.54) is 17.0 Å². The van der Waals surface area contributed by atoms with E-state index in [9.17, 15) is 9.18 Å². The summed E-state index contributed by atoms with van der Waals surface area (Å²) in [4.78, 5) is 13.7. The van der Waals surface area contributed by atoms with Crippen molar-refractivity contribution in [1.82, 2.24) is 4.90 Å². The number of rotatable bonds is 3. The van der Waals surface area contributed by atoms with Crippen molar-refractivity contribution >= 4 is 45.0 Å². The third-order valence-corrected chi connectivity index (χ3v) is 4.14. The summed E-state index contributed by atoms with van der Waals surface area (Å²) in [6, 6.07) is 9.47. The number of hydrogen-bond donors (Lipinski definition) is 0. The Bertz CT molecular complexity index is 693. The highest BCUT2D eigenvalue weighted by molar-refractivity contribution is 9.10. The predicted molar refractivity (Wildman–Crippen MR) is 86.4 cm³/mol. The van der Waals surface area contributed by atoms with Gasteiger partial charge in [-0.3, -0.25) is 4.79 Å². The molecule has 0 aliphatic carbocycles. The number of benzene rings is 2. The van der Waals surface area contributed by atoms with Crippen LogP contribution in [0.4, 0.5) is 4.39 Å². The molecular weight excluding hydrogens is 380 g/mol. The summed E-state index contributed by atoms with van der Waals surface area (Å²) < 4.78 is 14.4. The highest BCUT2D eigenvalue weighted by atomic mass is 79.9. The molecule has 0 saturated carbocycles. The van der Waals surface area contributed by atoms with Gasteiger partial charge in [0.15, 0.2) is 0 Å². The second-order valence-electron chi connectivity index (χ2n) is 4.53. The van der Waals surface area contributed by atoms with Gasteiger partial charge in [0.2, 0.25) is 0 Å². The molecule has 0 heterocycles. The topological polar surface area (TPSA) is 20.3 Å². The van der Waals surface area contributed by atoms with E-state index < -0.39 is 11.7 Å². The summed E-state index contributed by atoms with van der Waals surface area (Å²) in [5, 5.41) is 0.873. The maximum Gasteiger partial charge on any atom is 0.256 e. The highest BCUT2D eigenvalue weighted by Gasteiger charge is 2.16. The molecule has 2 nitrogen and oxygen atoms in total. The zero-order valence-corrected chi connectivity index (χ0v) is 14.1. The smallest absolute Gasteiger partial charge is 0.256 e. The normalized spacial score (nSPS) is 10.5. The van der Waals surface area contributed by atoms with Crippen molar-refractivity contribution < 1.29 is 9.18 Å². The van der Waals surface area contributed by atoms with Gasteiger partial charge in [-0.05, 0) is 35.9 Å². The van der Waals surface area contributed by atoms with Gasteiger partial charge in [0.05, 0.1) is 15.6 Å². The van der Waals surface area contributed by atoms with Crippen LogP contribution < -0.4 is 0 Å². The monoisotopic (exact) mass is 389 g/mol. The molecule has 110 valence electrons. The molecule has 1 amide bonds. The van der Waals surface area contributed by atoms with Crippen LogP contribution in [-0.4, -0.2) is 17.9 Å². The summed E-state index contributed by atoms with van der Waals surface area (Å²) >= 11 is 14.9. The van der Waals surface area contributed by atoms with Crippen molar-refractivity contribution in [2.75, 3.05) is 7.05 Å². The molecule has 21 heavy (non-hydrogen) atoms. The minimum atomic E-state index is -0.560. The van der Waals surface area contributed by atoms with Crippen LogP contribution in [0.25, 0.3) is 0 Å². The Kier molecular flexibility index (Phi) is 5.25. The summed E-state index contributed by atoms with van der Waals surface area (Å²) in [5.41, 5.74) is 0.846. The first kappa shape index (κ1) is 16.3. The summed E-state index contributed by atoms with van der Waals surface area (Å²) in [7, 11) is 1.60. The van der Waals surface area contributed by atoms with Crippen LogP contribution in [0.3, 0.4) is 0 Å². The van der Waals surface area contributed by atoms with Gasteiger partial charge in [0, 0.05) is 18.1 Å². The Labute approximate surface area is 140 Å². The van der Waals surface area contributed by atoms with E-state index in [2.05, 4.69) is 15.9 Å². The molecule has 0 atom stereocenters. The lowest BCUT2D eigenvalue weighted by atomic mass is 10.1. The molecule has 2 aromatic carbocycles. The van der Waals surface area contributed by atoms with Gasteiger partial charge in [-0.25, -0.2) is 4.39 Å². The van der Waals surface area contributed by atoms with Crippen molar-refractivity contribution in [2.45, 2.75) is 6.54 Å². The van der Waals surface area contributed by atoms with Gasteiger partial charge in [-0.15, -0.1) is 0 Å². The number of carbonyl (C=O) groups is 1. The number of halogens is 4. The molecule has 0 aromatic heterocycles.